The second-order valence-electron chi connectivity index (χ2n) is 6.79. The van der Waals surface area contributed by atoms with Gasteiger partial charge in [-0.15, -0.1) is 12.4 Å². The predicted molar refractivity (Wildman–Crippen MR) is 94.5 cm³/mol. The van der Waals surface area contributed by atoms with Gasteiger partial charge in [-0.05, 0) is 45.6 Å². The largest absolute Gasteiger partial charge is 0.352 e. The van der Waals surface area contributed by atoms with Crippen LogP contribution in [-0.2, 0) is 11.2 Å². The first-order valence-electron chi connectivity index (χ1n) is 8.06. The summed E-state index contributed by atoms with van der Waals surface area (Å²) in [6, 6.07) is 6.66. The van der Waals surface area contributed by atoms with E-state index in [1.807, 2.05) is 0 Å². The molecular weight excluding hydrogens is 296 g/mol. The minimum atomic E-state index is -0.644. The van der Waals surface area contributed by atoms with Crippen molar-refractivity contribution in [2.75, 3.05) is 0 Å². The molecule has 1 aliphatic rings. The topological polar surface area (TPSA) is 55.1 Å². The molecule has 22 heavy (non-hydrogen) atoms. The summed E-state index contributed by atoms with van der Waals surface area (Å²) >= 11 is 0. The Bertz CT molecular complexity index is 490. The van der Waals surface area contributed by atoms with Crippen LogP contribution in [0.1, 0.15) is 55.7 Å². The first-order chi connectivity index (χ1) is 9.89. The Kier molecular flexibility index (Phi) is 6.89. The summed E-state index contributed by atoms with van der Waals surface area (Å²) in [6.45, 7) is 6.27. The molecule has 0 saturated heterocycles. The van der Waals surface area contributed by atoms with E-state index in [9.17, 15) is 4.79 Å². The van der Waals surface area contributed by atoms with Gasteiger partial charge in [0.15, 0.2) is 0 Å². The third kappa shape index (κ3) is 4.99. The maximum absolute atomic E-state index is 12.4. The summed E-state index contributed by atoms with van der Waals surface area (Å²) in [7, 11) is 0. The van der Waals surface area contributed by atoms with Crippen molar-refractivity contribution in [1.29, 1.82) is 0 Å². The molecule has 1 unspecified atom stereocenters. The smallest absolute Gasteiger partial charge is 0.240 e. The van der Waals surface area contributed by atoms with Crippen molar-refractivity contribution >= 4 is 18.3 Å². The van der Waals surface area contributed by atoms with Gasteiger partial charge in [0.05, 0.1) is 5.54 Å². The van der Waals surface area contributed by atoms with Crippen LogP contribution >= 0.6 is 12.4 Å². The lowest BCUT2D eigenvalue weighted by Gasteiger charge is -2.33. The summed E-state index contributed by atoms with van der Waals surface area (Å²) in [6.07, 6.45) is 5.81. The van der Waals surface area contributed by atoms with Gasteiger partial charge in [-0.3, -0.25) is 4.79 Å². The molecule has 3 N–H and O–H groups in total. The van der Waals surface area contributed by atoms with E-state index in [1.165, 1.54) is 23.1 Å². The summed E-state index contributed by atoms with van der Waals surface area (Å²) in [4.78, 5) is 12.4. The lowest BCUT2D eigenvalue weighted by Crippen LogP contribution is -2.56. The van der Waals surface area contributed by atoms with Crippen LogP contribution in [-0.4, -0.2) is 17.5 Å². The molecule has 0 heterocycles. The summed E-state index contributed by atoms with van der Waals surface area (Å²) in [5.74, 6) is 0.0269. The van der Waals surface area contributed by atoms with Gasteiger partial charge in [0, 0.05) is 6.04 Å². The highest BCUT2D eigenvalue weighted by Gasteiger charge is 2.35. The van der Waals surface area contributed by atoms with Crippen LogP contribution in [0.15, 0.2) is 18.2 Å². The second-order valence-corrected chi connectivity index (χ2v) is 6.79. The van der Waals surface area contributed by atoms with E-state index in [2.05, 4.69) is 44.3 Å². The molecule has 0 bridgehead atoms. The first kappa shape index (κ1) is 19.0. The fourth-order valence-electron chi connectivity index (χ4n) is 3.37. The van der Waals surface area contributed by atoms with Crippen LogP contribution in [0.25, 0.3) is 0 Å². The third-order valence-corrected chi connectivity index (χ3v) is 4.40. The number of hydrogen-bond acceptors (Lipinski definition) is 2. The lowest BCUT2D eigenvalue weighted by molar-refractivity contribution is -0.128. The van der Waals surface area contributed by atoms with Crippen molar-refractivity contribution < 1.29 is 4.79 Å². The predicted octanol–water partition coefficient (Wildman–Crippen LogP) is 3.43. The van der Waals surface area contributed by atoms with E-state index in [0.29, 0.717) is 0 Å². The van der Waals surface area contributed by atoms with E-state index in [4.69, 9.17) is 5.73 Å². The van der Waals surface area contributed by atoms with Gasteiger partial charge in [-0.25, -0.2) is 0 Å². The van der Waals surface area contributed by atoms with Crippen molar-refractivity contribution in [2.45, 2.75) is 70.9 Å². The first-order valence-corrected chi connectivity index (χ1v) is 8.06. The molecule has 2 rings (SSSR count). The fraction of sp³-hybridized carbons (Fsp3) is 0.611. The minimum absolute atomic E-state index is 0. The van der Waals surface area contributed by atoms with E-state index in [0.717, 1.165) is 32.1 Å². The molecule has 1 fully saturated rings. The number of nitrogens with two attached hydrogens (primary N) is 1. The quantitative estimate of drug-likeness (QED) is 0.891. The zero-order chi connectivity index (χ0) is 15.5. The lowest BCUT2D eigenvalue weighted by atomic mass is 9.81. The monoisotopic (exact) mass is 324 g/mol. The molecule has 1 aromatic rings. The second kappa shape index (κ2) is 7.98. The molecular formula is C18H29ClN2O. The molecule has 1 atom stereocenters. The van der Waals surface area contributed by atoms with Crippen molar-refractivity contribution in [3.05, 3.63) is 34.9 Å². The number of rotatable bonds is 4. The summed E-state index contributed by atoms with van der Waals surface area (Å²) < 4.78 is 0. The van der Waals surface area contributed by atoms with Crippen LogP contribution in [0, 0.1) is 13.8 Å². The number of amides is 1. The molecule has 3 nitrogen and oxygen atoms in total. The molecule has 1 aliphatic carbocycles. The number of carbonyl (C=O) groups excluding carboxylic acids is 1. The zero-order valence-electron chi connectivity index (χ0n) is 13.9. The molecule has 0 aromatic heterocycles. The van der Waals surface area contributed by atoms with E-state index in [1.54, 1.807) is 0 Å². The third-order valence-electron chi connectivity index (χ3n) is 4.40. The van der Waals surface area contributed by atoms with Crippen molar-refractivity contribution in [1.82, 2.24) is 5.32 Å². The van der Waals surface area contributed by atoms with E-state index in [-0.39, 0.29) is 24.4 Å². The van der Waals surface area contributed by atoms with Gasteiger partial charge >= 0.3 is 0 Å². The van der Waals surface area contributed by atoms with Gasteiger partial charge in [0.2, 0.25) is 5.91 Å². The average molecular weight is 325 g/mol. The Labute approximate surface area is 140 Å². The Morgan fingerprint density at radius 2 is 1.73 bits per heavy atom. The van der Waals surface area contributed by atoms with Crippen LogP contribution < -0.4 is 11.1 Å². The van der Waals surface area contributed by atoms with Crippen molar-refractivity contribution in [3.8, 4) is 0 Å². The Balaban J connectivity index is 0.00000242. The van der Waals surface area contributed by atoms with E-state index < -0.39 is 5.54 Å². The molecule has 0 radical (unpaired) electrons. The Hall–Kier alpha value is -1.06. The van der Waals surface area contributed by atoms with Crippen molar-refractivity contribution in [2.24, 2.45) is 5.73 Å². The fourth-order valence-corrected chi connectivity index (χ4v) is 3.37. The highest BCUT2D eigenvalue weighted by Crippen LogP contribution is 2.26. The number of nitrogens with one attached hydrogen (secondary N) is 1. The van der Waals surface area contributed by atoms with Gasteiger partial charge < -0.3 is 11.1 Å². The van der Waals surface area contributed by atoms with Crippen molar-refractivity contribution in [3.63, 3.8) is 0 Å². The Morgan fingerprint density at radius 3 is 2.27 bits per heavy atom. The number of aryl methyl sites for hydroxylation is 2. The summed E-state index contributed by atoms with van der Waals surface area (Å²) in [5, 5.41) is 3.11. The number of benzene rings is 1. The van der Waals surface area contributed by atoms with Crippen LogP contribution in [0.3, 0.4) is 0 Å². The van der Waals surface area contributed by atoms with Crippen LogP contribution in [0.4, 0.5) is 0 Å². The van der Waals surface area contributed by atoms with Crippen LogP contribution in [0.5, 0.6) is 0 Å². The molecule has 1 saturated carbocycles. The average Bonchev–Trinajstić information content (AvgIpc) is 2.37. The highest BCUT2D eigenvalue weighted by molar-refractivity contribution is 5.86. The van der Waals surface area contributed by atoms with Crippen LogP contribution in [0.2, 0.25) is 0 Å². The normalized spacial score (nSPS) is 18.2. The summed E-state index contributed by atoms with van der Waals surface area (Å²) in [5.41, 5.74) is 9.45. The van der Waals surface area contributed by atoms with Gasteiger partial charge in [0.1, 0.15) is 0 Å². The Morgan fingerprint density at radius 1 is 1.18 bits per heavy atom. The maximum atomic E-state index is 12.4. The van der Waals surface area contributed by atoms with Gasteiger partial charge in [-0.2, -0.15) is 0 Å². The molecule has 0 aliphatic heterocycles. The SMILES string of the molecule is Cc1cc(C)cc(CC(C)NC(=O)C2(N)CCCCC2)c1.Cl. The van der Waals surface area contributed by atoms with Gasteiger partial charge in [0.25, 0.3) is 0 Å². The number of hydrogen-bond donors (Lipinski definition) is 2. The molecule has 1 amide bonds. The maximum Gasteiger partial charge on any atom is 0.240 e. The zero-order valence-corrected chi connectivity index (χ0v) is 14.8. The van der Waals surface area contributed by atoms with Gasteiger partial charge in [-0.1, -0.05) is 48.6 Å². The molecule has 124 valence electrons. The number of carbonyl (C=O) groups is 1. The standard InChI is InChI=1S/C18H28N2O.ClH/c1-13-9-14(2)11-16(10-13)12-15(3)20-17(21)18(19)7-5-4-6-8-18;/h9-11,15H,4-8,12,19H2,1-3H3,(H,20,21);1H. The highest BCUT2D eigenvalue weighted by atomic mass is 35.5. The molecule has 0 spiro atoms. The number of halogens is 1. The molecule has 4 heteroatoms. The van der Waals surface area contributed by atoms with E-state index >= 15 is 0 Å². The minimum Gasteiger partial charge on any atom is -0.352 e. The molecule has 1 aromatic carbocycles.